The highest BCUT2D eigenvalue weighted by atomic mass is 32.1. The third-order valence-corrected chi connectivity index (χ3v) is 5.38. The molecular weight excluding hydrogens is 336 g/mol. The topological polar surface area (TPSA) is 48.1 Å². The van der Waals surface area contributed by atoms with Crippen LogP contribution in [0.15, 0.2) is 24.3 Å². The number of benzene rings is 1. The van der Waals surface area contributed by atoms with Gasteiger partial charge < -0.3 is 10.6 Å². The van der Waals surface area contributed by atoms with E-state index in [0.29, 0.717) is 22.2 Å². The summed E-state index contributed by atoms with van der Waals surface area (Å²) in [4.78, 5) is 0. The first-order valence-electron chi connectivity index (χ1n) is 8.72. The lowest BCUT2D eigenvalue weighted by molar-refractivity contribution is 0.224. The maximum atomic E-state index is 5.39. The predicted octanol–water partition coefficient (Wildman–Crippen LogP) is 3.74. The molecule has 24 heavy (non-hydrogen) atoms. The number of hydrogen-bond donors (Lipinski definition) is 4. The fraction of sp³-hybridized carbons (Fsp3) is 0.556. The third kappa shape index (κ3) is 5.31. The summed E-state index contributed by atoms with van der Waals surface area (Å²) in [5.41, 5.74) is 8.20. The second-order valence-electron chi connectivity index (χ2n) is 6.56. The van der Waals surface area contributed by atoms with Crippen molar-refractivity contribution in [1.29, 1.82) is 0 Å². The number of hydrogen-bond acceptors (Lipinski definition) is 2. The quantitative estimate of drug-likeness (QED) is 0.484. The van der Waals surface area contributed by atoms with Crippen LogP contribution in [-0.2, 0) is 6.42 Å². The van der Waals surface area contributed by atoms with Crippen LogP contribution in [0.1, 0.15) is 45.6 Å². The minimum Gasteiger partial charge on any atom is -0.358 e. The van der Waals surface area contributed by atoms with Crippen molar-refractivity contribution in [2.24, 2.45) is 11.8 Å². The number of para-hydroxylation sites is 1. The highest BCUT2D eigenvalue weighted by molar-refractivity contribution is 7.80. The molecule has 4 N–H and O–H groups in total. The van der Waals surface area contributed by atoms with Gasteiger partial charge in [-0.1, -0.05) is 51.8 Å². The number of nitrogens with one attached hydrogen (secondary N) is 4. The van der Waals surface area contributed by atoms with Crippen molar-refractivity contribution < 1.29 is 0 Å². The highest BCUT2D eigenvalue weighted by Gasteiger charge is 2.27. The van der Waals surface area contributed by atoms with E-state index in [-0.39, 0.29) is 0 Å². The van der Waals surface area contributed by atoms with Crippen molar-refractivity contribution in [1.82, 2.24) is 16.2 Å². The molecule has 0 unspecified atom stereocenters. The van der Waals surface area contributed by atoms with Gasteiger partial charge in [-0.3, -0.25) is 10.9 Å². The smallest absolute Gasteiger partial charge is 0.189 e. The molecule has 1 aliphatic carbocycles. The van der Waals surface area contributed by atoms with Crippen LogP contribution in [0.5, 0.6) is 0 Å². The molecule has 0 amide bonds. The van der Waals surface area contributed by atoms with E-state index in [0.717, 1.165) is 18.0 Å². The number of aryl methyl sites for hydroxylation is 1. The maximum Gasteiger partial charge on any atom is 0.189 e. The molecule has 4 nitrogen and oxygen atoms in total. The Morgan fingerprint density at radius 2 is 1.79 bits per heavy atom. The Bertz CT molecular complexity index is 576. The van der Waals surface area contributed by atoms with Gasteiger partial charge in [0.05, 0.1) is 0 Å². The lowest BCUT2D eigenvalue weighted by Crippen LogP contribution is -2.53. The second kappa shape index (κ2) is 9.18. The first-order valence-corrected chi connectivity index (χ1v) is 9.54. The molecule has 2 rings (SSSR count). The summed E-state index contributed by atoms with van der Waals surface area (Å²) in [7, 11) is 0. The van der Waals surface area contributed by atoms with E-state index in [1.54, 1.807) is 0 Å². The van der Waals surface area contributed by atoms with Gasteiger partial charge in [0.2, 0.25) is 0 Å². The first-order chi connectivity index (χ1) is 11.5. The number of anilines is 1. The summed E-state index contributed by atoms with van der Waals surface area (Å²) in [6.45, 7) is 6.74. The number of rotatable bonds is 3. The first kappa shape index (κ1) is 18.9. The monoisotopic (exact) mass is 364 g/mol. The molecule has 1 aromatic rings. The van der Waals surface area contributed by atoms with E-state index in [9.17, 15) is 0 Å². The number of hydrazine groups is 1. The minimum atomic E-state index is 0.429. The molecule has 0 aliphatic heterocycles. The Morgan fingerprint density at radius 1 is 1.08 bits per heavy atom. The lowest BCUT2D eigenvalue weighted by Gasteiger charge is -2.35. The molecule has 0 aromatic heterocycles. The highest BCUT2D eigenvalue weighted by Crippen LogP contribution is 2.29. The van der Waals surface area contributed by atoms with Gasteiger partial charge in [0.25, 0.3) is 0 Å². The molecule has 3 atom stereocenters. The Labute approximate surface area is 156 Å². The SMILES string of the molecule is CCc1ccccc1NC(=S)NNC(=S)N[C@H]1CCC[C@H](C)[C@@H]1C. The van der Waals surface area contributed by atoms with Crippen molar-refractivity contribution in [2.75, 3.05) is 5.32 Å². The summed E-state index contributed by atoms with van der Waals surface area (Å²) in [6.07, 6.45) is 4.69. The average molecular weight is 365 g/mol. The maximum absolute atomic E-state index is 5.39. The van der Waals surface area contributed by atoms with Gasteiger partial charge in [0.1, 0.15) is 0 Å². The molecule has 0 saturated heterocycles. The van der Waals surface area contributed by atoms with Crippen molar-refractivity contribution in [2.45, 2.75) is 52.5 Å². The molecule has 1 saturated carbocycles. The van der Waals surface area contributed by atoms with Crippen LogP contribution in [0.3, 0.4) is 0 Å². The number of thiocarbonyl (C=S) groups is 2. The predicted molar refractivity (Wildman–Crippen MR) is 110 cm³/mol. The average Bonchev–Trinajstić information content (AvgIpc) is 2.58. The van der Waals surface area contributed by atoms with Gasteiger partial charge in [-0.05, 0) is 60.7 Å². The third-order valence-electron chi connectivity index (χ3n) is 4.96. The van der Waals surface area contributed by atoms with E-state index in [2.05, 4.69) is 48.3 Å². The Hall–Kier alpha value is -1.40. The standard InChI is InChI=1S/C18H28N4S2/c1-4-14-9-5-6-10-16(14)20-18(24)22-21-17(23)19-15-11-7-8-12(2)13(15)3/h5-6,9-10,12-13,15H,4,7-8,11H2,1-3H3,(H2,19,21,23)(H2,20,22,24)/t12-,13-,15-/m0/s1. The Balaban J connectivity index is 1.78. The Morgan fingerprint density at radius 3 is 2.54 bits per heavy atom. The molecule has 0 bridgehead atoms. The molecule has 0 heterocycles. The van der Waals surface area contributed by atoms with Crippen molar-refractivity contribution in [3.05, 3.63) is 29.8 Å². The lowest BCUT2D eigenvalue weighted by atomic mass is 9.78. The summed E-state index contributed by atoms with van der Waals surface area (Å²) in [5, 5.41) is 7.71. The van der Waals surface area contributed by atoms with Crippen LogP contribution >= 0.6 is 24.4 Å². The van der Waals surface area contributed by atoms with Gasteiger partial charge in [-0.2, -0.15) is 0 Å². The molecule has 1 aliphatic rings. The molecule has 1 aromatic carbocycles. The summed E-state index contributed by atoms with van der Waals surface area (Å²) in [6, 6.07) is 8.57. The fourth-order valence-corrected chi connectivity index (χ4v) is 3.57. The largest absolute Gasteiger partial charge is 0.358 e. The molecule has 0 spiro atoms. The van der Waals surface area contributed by atoms with E-state index < -0.39 is 0 Å². The van der Waals surface area contributed by atoms with E-state index in [1.807, 2.05) is 18.2 Å². The van der Waals surface area contributed by atoms with Crippen molar-refractivity contribution in [3.63, 3.8) is 0 Å². The van der Waals surface area contributed by atoms with Crippen molar-refractivity contribution >= 4 is 40.3 Å². The molecule has 0 radical (unpaired) electrons. The van der Waals surface area contributed by atoms with E-state index >= 15 is 0 Å². The molecule has 132 valence electrons. The van der Waals surface area contributed by atoms with Gasteiger partial charge in [0.15, 0.2) is 10.2 Å². The van der Waals surface area contributed by atoms with Gasteiger partial charge in [-0.15, -0.1) is 0 Å². The van der Waals surface area contributed by atoms with Gasteiger partial charge >= 0.3 is 0 Å². The van der Waals surface area contributed by atoms with Crippen LogP contribution in [-0.4, -0.2) is 16.3 Å². The van der Waals surface area contributed by atoms with Crippen LogP contribution in [0.2, 0.25) is 0 Å². The van der Waals surface area contributed by atoms with Crippen LogP contribution in [0.4, 0.5) is 5.69 Å². The minimum absolute atomic E-state index is 0.429. The van der Waals surface area contributed by atoms with Crippen molar-refractivity contribution in [3.8, 4) is 0 Å². The Kier molecular flexibility index (Phi) is 7.24. The van der Waals surface area contributed by atoms with E-state index in [1.165, 1.54) is 24.8 Å². The zero-order valence-electron chi connectivity index (χ0n) is 14.7. The second-order valence-corrected chi connectivity index (χ2v) is 7.38. The van der Waals surface area contributed by atoms with Crippen LogP contribution in [0.25, 0.3) is 0 Å². The molecule has 1 fully saturated rings. The van der Waals surface area contributed by atoms with E-state index in [4.69, 9.17) is 24.4 Å². The molecule has 6 heteroatoms. The van der Waals surface area contributed by atoms with Gasteiger partial charge in [-0.25, -0.2) is 0 Å². The zero-order chi connectivity index (χ0) is 17.5. The summed E-state index contributed by atoms with van der Waals surface area (Å²) in [5.74, 6) is 1.36. The zero-order valence-corrected chi connectivity index (χ0v) is 16.3. The summed E-state index contributed by atoms with van der Waals surface area (Å²) >= 11 is 10.7. The molecular formula is C18H28N4S2. The normalized spacial score (nSPS) is 23.2. The van der Waals surface area contributed by atoms with Crippen LogP contribution < -0.4 is 21.5 Å². The van der Waals surface area contributed by atoms with Gasteiger partial charge in [0, 0.05) is 11.7 Å². The fourth-order valence-electron chi connectivity index (χ4n) is 3.21. The van der Waals surface area contributed by atoms with Crippen LogP contribution in [0, 0.1) is 11.8 Å². The summed E-state index contributed by atoms with van der Waals surface area (Å²) < 4.78 is 0.